The lowest BCUT2D eigenvalue weighted by Gasteiger charge is -2.16. The minimum Gasteiger partial charge on any atom is -0.481 e. The summed E-state index contributed by atoms with van der Waals surface area (Å²) in [5.74, 6) is -0.631. The normalized spacial score (nSPS) is 16.6. The van der Waals surface area contributed by atoms with Crippen LogP contribution in [0.4, 0.5) is 0 Å². The molecule has 0 heterocycles. The molecule has 0 atom stereocenters. The lowest BCUT2D eigenvalue weighted by atomic mass is 9.90. The number of rotatable bonds is 2. The summed E-state index contributed by atoms with van der Waals surface area (Å²) >= 11 is 0. The van der Waals surface area contributed by atoms with E-state index < -0.39 is 5.97 Å². The first-order chi connectivity index (χ1) is 6.22. The minimum absolute atomic E-state index is 0.0289. The van der Waals surface area contributed by atoms with Crippen LogP contribution >= 0.6 is 0 Å². The third kappa shape index (κ3) is 6.08. The number of aliphatic carboxylic acids is 1. The molecule has 0 spiro atoms. The Hall–Kier alpha value is -1.12. The first-order valence-corrected chi connectivity index (χ1v) is 4.56. The molecule has 1 aliphatic carbocycles. The van der Waals surface area contributed by atoms with Crippen LogP contribution in [0.1, 0.15) is 32.1 Å². The van der Waals surface area contributed by atoms with E-state index >= 15 is 0 Å². The van der Waals surface area contributed by atoms with E-state index in [0.29, 0.717) is 0 Å². The number of allylic oxidation sites excluding steroid dienone is 1. The van der Waals surface area contributed by atoms with Gasteiger partial charge in [-0.3, -0.25) is 4.79 Å². The van der Waals surface area contributed by atoms with Crippen molar-refractivity contribution in [2.75, 3.05) is 0 Å². The molecular formula is C10H17NO2. The van der Waals surface area contributed by atoms with Crippen molar-refractivity contribution in [1.29, 1.82) is 5.41 Å². The largest absolute Gasteiger partial charge is 0.481 e. The van der Waals surface area contributed by atoms with Crippen molar-refractivity contribution in [3.05, 3.63) is 12.7 Å². The van der Waals surface area contributed by atoms with Crippen LogP contribution in [0.15, 0.2) is 12.7 Å². The Morgan fingerprint density at radius 3 is 2.08 bits per heavy atom. The van der Waals surface area contributed by atoms with Crippen LogP contribution in [-0.2, 0) is 4.79 Å². The number of hydrogen-bond donors (Lipinski definition) is 2. The van der Waals surface area contributed by atoms with Crippen LogP contribution in [0.3, 0.4) is 0 Å². The molecule has 0 saturated heterocycles. The van der Waals surface area contributed by atoms with E-state index in [0.717, 1.165) is 31.9 Å². The highest BCUT2D eigenvalue weighted by Crippen LogP contribution is 2.23. The van der Waals surface area contributed by atoms with Crippen molar-refractivity contribution in [2.45, 2.75) is 32.1 Å². The van der Waals surface area contributed by atoms with Crippen molar-refractivity contribution in [2.24, 2.45) is 5.92 Å². The highest BCUT2D eigenvalue weighted by atomic mass is 16.4. The van der Waals surface area contributed by atoms with Crippen LogP contribution in [-0.4, -0.2) is 17.3 Å². The summed E-state index contributed by atoms with van der Waals surface area (Å²) in [5, 5.41) is 14.7. The van der Waals surface area contributed by atoms with Gasteiger partial charge in [-0.1, -0.05) is 31.9 Å². The number of carboxylic acid groups (broad SMARTS) is 1. The van der Waals surface area contributed by atoms with Gasteiger partial charge in [0.1, 0.15) is 0 Å². The highest BCUT2D eigenvalue weighted by molar-refractivity contribution is 5.69. The van der Waals surface area contributed by atoms with Crippen molar-refractivity contribution in [1.82, 2.24) is 0 Å². The van der Waals surface area contributed by atoms with Crippen molar-refractivity contribution < 1.29 is 9.90 Å². The van der Waals surface area contributed by atoms with Crippen molar-refractivity contribution in [3.63, 3.8) is 0 Å². The molecule has 0 aromatic rings. The van der Waals surface area contributed by atoms with Gasteiger partial charge < -0.3 is 10.5 Å². The average Bonchev–Trinajstić information content (AvgIpc) is 2.19. The summed E-state index contributed by atoms with van der Waals surface area (Å²) in [7, 11) is 0. The van der Waals surface area contributed by atoms with Gasteiger partial charge in [0.25, 0.3) is 0 Å². The fraction of sp³-hybridized carbons (Fsp3) is 0.600. The van der Waals surface area contributed by atoms with E-state index in [9.17, 15) is 4.79 Å². The third-order valence-corrected chi connectivity index (χ3v) is 2.07. The lowest BCUT2D eigenvalue weighted by Crippen LogP contribution is -2.16. The van der Waals surface area contributed by atoms with Gasteiger partial charge in [0.05, 0.1) is 5.92 Å². The van der Waals surface area contributed by atoms with E-state index in [-0.39, 0.29) is 5.92 Å². The van der Waals surface area contributed by atoms with Gasteiger partial charge in [-0.25, -0.2) is 0 Å². The van der Waals surface area contributed by atoms with Gasteiger partial charge in [0.15, 0.2) is 0 Å². The summed E-state index contributed by atoms with van der Waals surface area (Å²) < 4.78 is 0. The molecule has 13 heavy (non-hydrogen) atoms. The fourth-order valence-corrected chi connectivity index (χ4v) is 1.35. The molecule has 1 rings (SSSR count). The maximum absolute atomic E-state index is 10.4. The Kier molecular flexibility index (Phi) is 6.88. The van der Waals surface area contributed by atoms with Crippen LogP contribution in [0.5, 0.6) is 0 Å². The van der Waals surface area contributed by atoms with Gasteiger partial charge >= 0.3 is 5.97 Å². The highest BCUT2D eigenvalue weighted by Gasteiger charge is 2.19. The molecule has 0 aromatic carbocycles. The predicted octanol–water partition coefficient (Wildman–Crippen LogP) is 2.47. The number of carboxylic acids is 1. The molecule has 0 aliphatic heterocycles. The SMILES string of the molecule is C=CC=N.O=C(O)C1CCCCC1. The van der Waals surface area contributed by atoms with Gasteiger partial charge in [-0.05, 0) is 12.8 Å². The third-order valence-electron chi connectivity index (χ3n) is 2.07. The summed E-state index contributed by atoms with van der Waals surface area (Å²) in [5.41, 5.74) is 0. The molecule has 0 bridgehead atoms. The maximum atomic E-state index is 10.4. The Balaban J connectivity index is 0.000000310. The van der Waals surface area contributed by atoms with E-state index in [1.807, 2.05) is 0 Å². The topological polar surface area (TPSA) is 61.2 Å². The van der Waals surface area contributed by atoms with Crippen LogP contribution in [0.2, 0.25) is 0 Å². The molecule has 0 radical (unpaired) electrons. The molecule has 3 heteroatoms. The van der Waals surface area contributed by atoms with E-state index in [4.69, 9.17) is 10.5 Å². The quantitative estimate of drug-likeness (QED) is 0.646. The first-order valence-electron chi connectivity index (χ1n) is 4.56. The van der Waals surface area contributed by atoms with Gasteiger partial charge in [-0.15, -0.1) is 0 Å². The molecule has 0 amide bonds. The van der Waals surface area contributed by atoms with Gasteiger partial charge in [0, 0.05) is 6.21 Å². The molecule has 1 saturated carbocycles. The smallest absolute Gasteiger partial charge is 0.306 e. The lowest BCUT2D eigenvalue weighted by molar-refractivity contribution is -0.142. The maximum Gasteiger partial charge on any atom is 0.306 e. The number of nitrogens with one attached hydrogen (secondary N) is 1. The summed E-state index contributed by atoms with van der Waals surface area (Å²) in [6.07, 6.45) is 7.79. The van der Waals surface area contributed by atoms with E-state index in [1.165, 1.54) is 12.5 Å². The molecule has 0 unspecified atom stereocenters. The second-order valence-electron chi connectivity index (χ2n) is 3.08. The second-order valence-corrected chi connectivity index (χ2v) is 3.08. The van der Waals surface area contributed by atoms with Crippen LogP contribution in [0, 0.1) is 11.3 Å². The predicted molar refractivity (Wildman–Crippen MR) is 53.2 cm³/mol. The van der Waals surface area contributed by atoms with Gasteiger partial charge in [-0.2, -0.15) is 0 Å². The molecular weight excluding hydrogens is 166 g/mol. The Morgan fingerprint density at radius 1 is 1.38 bits per heavy atom. The molecule has 2 N–H and O–H groups in total. The monoisotopic (exact) mass is 183 g/mol. The standard InChI is InChI=1S/C7H12O2.C3H5N/c8-7(9)6-4-2-1-3-5-6;1-2-3-4/h6H,1-5H2,(H,8,9);2-4H,1H2. The molecule has 0 aromatic heterocycles. The average molecular weight is 183 g/mol. The zero-order valence-corrected chi connectivity index (χ0v) is 7.83. The fourth-order valence-electron chi connectivity index (χ4n) is 1.35. The van der Waals surface area contributed by atoms with Crippen molar-refractivity contribution >= 4 is 12.2 Å². The summed E-state index contributed by atoms with van der Waals surface area (Å²) in [6, 6.07) is 0. The molecule has 1 fully saturated rings. The minimum atomic E-state index is -0.602. The zero-order valence-electron chi connectivity index (χ0n) is 7.83. The molecule has 1 aliphatic rings. The summed E-state index contributed by atoms with van der Waals surface area (Å²) in [4.78, 5) is 10.4. The Labute approximate surface area is 79.0 Å². The van der Waals surface area contributed by atoms with Crippen LogP contribution in [0.25, 0.3) is 0 Å². The number of hydrogen-bond acceptors (Lipinski definition) is 2. The second kappa shape index (κ2) is 7.53. The van der Waals surface area contributed by atoms with E-state index in [1.54, 1.807) is 0 Å². The van der Waals surface area contributed by atoms with E-state index in [2.05, 4.69) is 6.58 Å². The van der Waals surface area contributed by atoms with Crippen molar-refractivity contribution in [3.8, 4) is 0 Å². The molecule has 3 nitrogen and oxygen atoms in total. The first kappa shape index (κ1) is 11.9. The summed E-state index contributed by atoms with van der Waals surface area (Å²) in [6.45, 7) is 3.24. The zero-order chi connectivity index (χ0) is 10.1. The van der Waals surface area contributed by atoms with Crippen LogP contribution < -0.4 is 0 Å². The van der Waals surface area contributed by atoms with Gasteiger partial charge in [0.2, 0.25) is 0 Å². The molecule has 74 valence electrons. The Morgan fingerprint density at radius 2 is 1.85 bits per heavy atom. The Bertz CT molecular complexity index is 166. The number of carbonyl (C=O) groups is 1.